The summed E-state index contributed by atoms with van der Waals surface area (Å²) >= 11 is 0. The fourth-order valence-corrected chi connectivity index (χ4v) is 2.89. The van der Waals surface area contributed by atoms with Gasteiger partial charge in [0.15, 0.2) is 23.3 Å². The predicted octanol–water partition coefficient (Wildman–Crippen LogP) is 5.04. The molecule has 0 bridgehead atoms. The van der Waals surface area contributed by atoms with E-state index in [0.29, 0.717) is 22.8 Å². The van der Waals surface area contributed by atoms with E-state index in [1.807, 2.05) is 0 Å². The number of alkyl halides is 3. The molecular weight excluding hydrogens is 409 g/mol. The zero-order valence-electron chi connectivity index (χ0n) is 15.2. The minimum absolute atomic E-state index is 0.256. The monoisotopic (exact) mass is 421 g/mol. The van der Waals surface area contributed by atoms with Crippen LogP contribution in [-0.2, 0) is 0 Å². The first kappa shape index (κ1) is 19.6. The molecule has 1 N–H and O–H groups in total. The summed E-state index contributed by atoms with van der Waals surface area (Å²) in [5.41, 5.74) is 1.01. The number of nitrogens with zero attached hydrogens (tertiary/aromatic N) is 4. The van der Waals surface area contributed by atoms with Gasteiger partial charge in [-0.1, -0.05) is 0 Å². The third-order valence-corrected chi connectivity index (χ3v) is 4.08. The largest absolute Gasteiger partial charge is 0.573 e. The van der Waals surface area contributed by atoms with Crippen molar-refractivity contribution < 1.29 is 26.7 Å². The van der Waals surface area contributed by atoms with E-state index in [0.717, 1.165) is 24.3 Å². The number of imidazole rings is 1. The number of benzene rings is 2. The molecule has 2 aromatic heterocycles. The van der Waals surface area contributed by atoms with Crippen molar-refractivity contribution in [2.45, 2.75) is 13.3 Å². The summed E-state index contributed by atoms with van der Waals surface area (Å²) < 4.78 is 69.3. The van der Waals surface area contributed by atoms with E-state index in [9.17, 15) is 22.0 Å². The Morgan fingerprint density at radius 1 is 0.967 bits per heavy atom. The van der Waals surface area contributed by atoms with Crippen molar-refractivity contribution in [3.8, 4) is 11.6 Å². The third kappa shape index (κ3) is 4.00. The first-order valence-corrected chi connectivity index (χ1v) is 8.49. The maximum absolute atomic E-state index is 13.7. The van der Waals surface area contributed by atoms with Crippen LogP contribution >= 0.6 is 0 Å². The van der Waals surface area contributed by atoms with Crippen molar-refractivity contribution in [1.29, 1.82) is 0 Å². The Hall–Kier alpha value is -3.76. The quantitative estimate of drug-likeness (QED) is 0.468. The second-order valence-electron chi connectivity index (χ2n) is 6.21. The number of fused-ring (bicyclic) bond motifs is 1. The van der Waals surface area contributed by atoms with Gasteiger partial charge in [-0.15, -0.1) is 13.2 Å². The van der Waals surface area contributed by atoms with Crippen LogP contribution < -0.4 is 10.1 Å². The molecule has 0 unspecified atom stereocenters. The Kier molecular flexibility index (Phi) is 4.72. The number of aryl methyl sites for hydroxylation is 1. The zero-order chi connectivity index (χ0) is 21.5. The number of ether oxygens (including phenoxy) is 1. The SMILES string of the molecule is Cc1nc2cc(F)c(F)cc2n1-c1cncc(Nc2ccc(OC(F)(F)F)cc2)n1. The van der Waals surface area contributed by atoms with E-state index in [-0.39, 0.29) is 17.1 Å². The molecular formula is C19H12F5N5O. The average molecular weight is 421 g/mol. The number of rotatable bonds is 4. The molecule has 6 nitrogen and oxygen atoms in total. The second kappa shape index (κ2) is 7.25. The molecule has 0 aliphatic heterocycles. The molecule has 0 radical (unpaired) electrons. The van der Waals surface area contributed by atoms with Crippen LogP contribution in [0.25, 0.3) is 16.9 Å². The molecule has 0 atom stereocenters. The Labute approximate surface area is 166 Å². The molecule has 11 heteroatoms. The standard InChI is InChI=1S/C19H12F5N5O/c1-10-26-15-6-13(20)14(21)7-16(15)29(10)18-9-25-8-17(28-18)27-11-2-4-12(5-3-11)30-19(22,23)24/h2-9H,1H3,(H,27,28). The van der Waals surface area contributed by atoms with Crippen LogP contribution in [0.1, 0.15) is 5.82 Å². The van der Waals surface area contributed by atoms with Crippen LogP contribution in [0.15, 0.2) is 48.8 Å². The van der Waals surface area contributed by atoms with Gasteiger partial charge in [-0.2, -0.15) is 0 Å². The molecule has 0 aliphatic carbocycles. The molecule has 0 aliphatic rings. The van der Waals surface area contributed by atoms with E-state index in [2.05, 4.69) is 25.0 Å². The van der Waals surface area contributed by atoms with Crippen molar-refractivity contribution in [3.05, 3.63) is 66.3 Å². The normalized spacial score (nSPS) is 11.7. The van der Waals surface area contributed by atoms with Gasteiger partial charge in [0.1, 0.15) is 11.6 Å². The van der Waals surface area contributed by atoms with Crippen molar-refractivity contribution in [2.75, 3.05) is 5.32 Å². The number of anilines is 2. The summed E-state index contributed by atoms with van der Waals surface area (Å²) in [5.74, 6) is -1.37. The van der Waals surface area contributed by atoms with Crippen molar-refractivity contribution in [1.82, 2.24) is 19.5 Å². The number of nitrogens with one attached hydrogen (secondary N) is 1. The molecule has 0 spiro atoms. The Morgan fingerprint density at radius 3 is 2.37 bits per heavy atom. The molecule has 4 aromatic rings. The smallest absolute Gasteiger partial charge is 0.406 e. The minimum Gasteiger partial charge on any atom is -0.406 e. The number of hydrogen-bond acceptors (Lipinski definition) is 5. The summed E-state index contributed by atoms with van der Waals surface area (Å²) in [6.07, 6.45) is -1.96. The average Bonchev–Trinajstić information content (AvgIpc) is 2.97. The fourth-order valence-electron chi connectivity index (χ4n) is 2.89. The van der Waals surface area contributed by atoms with Crippen LogP contribution in [0.2, 0.25) is 0 Å². The van der Waals surface area contributed by atoms with Gasteiger partial charge in [-0.3, -0.25) is 9.55 Å². The Bertz CT molecular complexity index is 1220. The summed E-state index contributed by atoms with van der Waals surface area (Å²) in [7, 11) is 0. The summed E-state index contributed by atoms with van der Waals surface area (Å²) in [6.45, 7) is 1.65. The lowest BCUT2D eigenvalue weighted by Crippen LogP contribution is -2.16. The molecule has 0 saturated carbocycles. The lowest BCUT2D eigenvalue weighted by molar-refractivity contribution is -0.274. The van der Waals surface area contributed by atoms with Crippen LogP contribution in [0.3, 0.4) is 0 Å². The third-order valence-electron chi connectivity index (χ3n) is 4.08. The van der Waals surface area contributed by atoms with Gasteiger partial charge >= 0.3 is 6.36 Å². The van der Waals surface area contributed by atoms with E-state index >= 15 is 0 Å². The maximum atomic E-state index is 13.7. The highest BCUT2D eigenvalue weighted by atomic mass is 19.4. The fraction of sp³-hybridized carbons (Fsp3) is 0.105. The van der Waals surface area contributed by atoms with E-state index in [4.69, 9.17) is 0 Å². The van der Waals surface area contributed by atoms with E-state index < -0.39 is 18.0 Å². The van der Waals surface area contributed by atoms with Crippen LogP contribution in [0, 0.1) is 18.6 Å². The van der Waals surface area contributed by atoms with Crippen LogP contribution in [0.5, 0.6) is 5.75 Å². The first-order chi connectivity index (χ1) is 14.2. The van der Waals surface area contributed by atoms with Crippen molar-refractivity contribution in [2.24, 2.45) is 0 Å². The van der Waals surface area contributed by atoms with Gasteiger partial charge in [-0.05, 0) is 31.2 Å². The highest BCUT2D eigenvalue weighted by molar-refractivity contribution is 5.78. The molecule has 154 valence electrons. The molecule has 0 amide bonds. The molecule has 2 aromatic carbocycles. The van der Waals surface area contributed by atoms with E-state index in [1.54, 1.807) is 6.92 Å². The molecule has 0 saturated heterocycles. The van der Waals surface area contributed by atoms with Gasteiger partial charge in [0.25, 0.3) is 0 Å². The highest BCUT2D eigenvalue weighted by Gasteiger charge is 2.30. The molecule has 2 heterocycles. The molecule has 30 heavy (non-hydrogen) atoms. The van der Waals surface area contributed by atoms with Crippen molar-refractivity contribution >= 4 is 22.5 Å². The van der Waals surface area contributed by atoms with Crippen molar-refractivity contribution in [3.63, 3.8) is 0 Å². The topological polar surface area (TPSA) is 64.9 Å². The minimum atomic E-state index is -4.78. The second-order valence-corrected chi connectivity index (χ2v) is 6.21. The van der Waals surface area contributed by atoms with Crippen LogP contribution in [0.4, 0.5) is 33.5 Å². The number of aromatic nitrogens is 4. The summed E-state index contributed by atoms with van der Waals surface area (Å²) in [5, 5.41) is 2.91. The Morgan fingerprint density at radius 2 is 1.67 bits per heavy atom. The maximum Gasteiger partial charge on any atom is 0.573 e. The highest BCUT2D eigenvalue weighted by Crippen LogP contribution is 2.26. The lowest BCUT2D eigenvalue weighted by Gasteiger charge is -2.11. The zero-order valence-corrected chi connectivity index (χ0v) is 15.2. The number of halogens is 5. The van der Waals surface area contributed by atoms with Gasteiger partial charge in [0, 0.05) is 17.8 Å². The predicted molar refractivity (Wildman–Crippen MR) is 97.7 cm³/mol. The van der Waals surface area contributed by atoms with Crippen LogP contribution in [-0.4, -0.2) is 25.9 Å². The van der Waals surface area contributed by atoms with Gasteiger partial charge in [-0.25, -0.2) is 18.7 Å². The summed E-state index contributed by atoms with van der Waals surface area (Å²) in [4.78, 5) is 12.7. The van der Waals surface area contributed by atoms with Gasteiger partial charge < -0.3 is 10.1 Å². The van der Waals surface area contributed by atoms with Gasteiger partial charge in [0.2, 0.25) is 0 Å². The summed E-state index contributed by atoms with van der Waals surface area (Å²) in [6, 6.07) is 7.08. The lowest BCUT2D eigenvalue weighted by atomic mass is 10.3. The Balaban J connectivity index is 1.63. The van der Waals surface area contributed by atoms with E-state index in [1.165, 1.54) is 29.1 Å². The number of hydrogen-bond donors (Lipinski definition) is 1. The first-order valence-electron chi connectivity index (χ1n) is 8.49. The van der Waals surface area contributed by atoms with Gasteiger partial charge in [0.05, 0.1) is 23.4 Å². The molecule has 0 fully saturated rings. The molecule has 4 rings (SSSR count).